The Labute approximate surface area is 68.1 Å². The first kappa shape index (κ1) is 10.3. The van der Waals surface area contributed by atoms with Gasteiger partial charge in [0.05, 0.1) is 6.10 Å². The number of rotatable bonds is 1. The molecule has 0 aromatic heterocycles. The number of phosphoric acid groups is 1. The van der Waals surface area contributed by atoms with Crippen LogP contribution in [0.4, 0.5) is 0 Å². The largest absolute Gasteiger partial charge is 0.480 e. The smallest absolute Gasteiger partial charge is 0.390 e. The normalized spacial score (nSPS) is 50.8. The Morgan fingerprint density at radius 2 is 1.92 bits per heavy atom. The maximum absolute atomic E-state index is 10.9. The summed E-state index contributed by atoms with van der Waals surface area (Å²) in [6, 6.07) is 0. The number of hydrogen-bond acceptors (Lipinski definition) is 5. The van der Waals surface area contributed by atoms with Crippen LogP contribution < -0.4 is 0 Å². The third-order valence-electron chi connectivity index (χ3n) is 1.20. The highest BCUT2D eigenvalue weighted by atomic mass is 31.3. The first-order chi connectivity index (χ1) is 5.25. The predicted octanol–water partition coefficient (Wildman–Crippen LogP) is 0.0259. The zero-order valence-electron chi connectivity index (χ0n) is 6.02. The molecule has 1 saturated heterocycles. The van der Waals surface area contributed by atoms with Crippen LogP contribution in [0.3, 0.4) is 0 Å². The molecule has 72 valence electrons. The van der Waals surface area contributed by atoms with Crippen molar-refractivity contribution in [1.82, 2.24) is 0 Å². The molecule has 0 bridgehead atoms. The van der Waals surface area contributed by atoms with Crippen molar-refractivity contribution in [3.05, 3.63) is 0 Å². The molecule has 1 aliphatic rings. The summed E-state index contributed by atoms with van der Waals surface area (Å²) in [5, 5.41) is 8.85. The molecule has 4 unspecified atom stereocenters. The van der Waals surface area contributed by atoms with Crippen LogP contribution in [0.1, 0.15) is 6.92 Å². The molecule has 0 radical (unpaired) electrons. The fraction of sp³-hybridized carbons (Fsp3) is 1.00. The maximum Gasteiger partial charge on any atom is 0.480 e. The van der Waals surface area contributed by atoms with Gasteiger partial charge in [-0.05, 0) is 6.92 Å². The van der Waals surface area contributed by atoms with Gasteiger partial charge in [-0.2, -0.15) is 0 Å². The average Bonchev–Trinajstić information content (AvgIpc) is 1.99. The van der Waals surface area contributed by atoms with Crippen molar-refractivity contribution in [2.24, 2.45) is 0 Å². The number of aliphatic hydroxyl groups excluding tert-OH is 1. The predicted molar refractivity (Wildman–Crippen MR) is 37.3 cm³/mol. The van der Waals surface area contributed by atoms with E-state index >= 15 is 0 Å². The van der Waals surface area contributed by atoms with Gasteiger partial charge >= 0.3 is 15.4 Å². The molecule has 12 heavy (non-hydrogen) atoms. The van der Waals surface area contributed by atoms with Crippen LogP contribution >= 0.6 is 15.4 Å². The summed E-state index contributed by atoms with van der Waals surface area (Å²) in [4.78, 5) is 17.5. The molecule has 7 nitrogen and oxygen atoms in total. The highest BCUT2D eigenvalue weighted by Gasteiger charge is 2.54. The zero-order chi connectivity index (χ0) is 9.57. The van der Waals surface area contributed by atoms with Gasteiger partial charge in [0.2, 0.25) is 0 Å². The standard InChI is InChI=1S/C3H8O7P2/c1-2(4)3-9-12(7,8)10-11(3,5)6/h2-4H,1H3,(H,5,6)(H,7,8). The molecule has 9 heteroatoms. The molecule has 0 spiro atoms. The molecule has 1 aliphatic heterocycles. The van der Waals surface area contributed by atoms with Crippen LogP contribution in [0, 0.1) is 0 Å². The number of phosphoric ester groups is 1. The van der Waals surface area contributed by atoms with E-state index in [-0.39, 0.29) is 0 Å². The number of aliphatic hydroxyl groups is 1. The molecule has 1 rings (SSSR count). The molecule has 3 N–H and O–H groups in total. The van der Waals surface area contributed by atoms with Gasteiger partial charge in [0.1, 0.15) is 0 Å². The highest BCUT2D eigenvalue weighted by molar-refractivity contribution is 7.67. The highest BCUT2D eigenvalue weighted by Crippen LogP contribution is 2.72. The van der Waals surface area contributed by atoms with E-state index in [1.807, 2.05) is 0 Å². The van der Waals surface area contributed by atoms with Crippen molar-refractivity contribution in [2.45, 2.75) is 18.9 Å². The van der Waals surface area contributed by atoms with Crippen LogP contribution in [0.2, 0.25) is 0 Å². The molecule has 0 aromatic rings. The summed E-state index contributed by atoms with van der Waals surface area (Å²) in [6.07, 6.45) is -1.34. The number of hydrogen-bond donors (Lipinski definition) is 3. The summed E-state index contributed by atoms with van der Waals surface area (Å²) in [7, 11) is -8.76. The van der Waals surface area contributed by atoms with Gasteiger partial charge in [-0.3, -0.25) is 9.09 Å². The average molecular weight is 218 g/mol. The van der Waals surface area contributed by atoms with Crippen molar-refractivity contribution < 1.29 is 32.9 Å². The second-order valence-electron chi connectivity index (χ2n) is 2.35. The van der Waals surface area contributed by atoms with Gasteiger partial charge in [0.25, 0.3) is 0 Å². The van der Waals surface area contributed by atoms with E-state index in [1.54, 1.807) is 0 Å². The van der Waals surface area contributed by atoms with E-state index in [0.29, 0.717) is 0 Å². The van der Waals surface area contributed by atoms with Gasteiger partial charge in [-0.25, -0.2) is 8.88 Å². The van der Waals surface area contributed by atoms with Crippen LogP contribution in [0.15, 0.2) is 0 Å². The topological polar surface area (TPSA) is 113 Å². The first-order valence-corrected chi connectivity index (χ1v) is 6.12. The third kappa shape index (κ3) is 1.95. The second kappa shape index (κ2) is 2.89. The molecule has 0 aromatic carbocycles. The monoisotopic (exact) mass is 218 g/mol. The quantitative estimate of drug-likeness (QED) is 0.531. The van der Waals surface area contributed by atoms with Crippen molar-refractivity contribution in [1.29, 1.82) is 0 Å². The molecule has 1 heterocycles. The van der Waals surface area contributed by atoms with Crippen LogP contribution in [0.5, 0.6) is 0 Å². The van der Waals surface area contributed by atoms with E-state index < -0.39 is 27.4 Å². The van der Waals surface area contributed by atoms with Gasteiger partial charge < -0.3 is 14.9 Å². The molecule has 4 atom stereocenters. The van der Waals surface area contributed by atoms with Crippen molar-refractivity contribution in [2.75, 3.05) is 0 Å². The van der Waals surface area contributed by atoms with Crippen LogP contribution in [0.25, 0.3) is 0 Å². The summed E-state index contributed by atoms with van der Waals surface area (Å²) in [6.45, 7) is 1.15. The molecule has 0 amide bonds. The lowest BCUT2D eigenvalue weighted by Gasteiger charge is -2.11. The molecule has 0 aliphatic carbocycles. The van der Waals surface area contributed by atoms with Gasteiger partial charge in [-0.15, -0.1) is 0 Å². The second-order valence-corrected chi connectivity index (χ2v) is 5.79. The van der Waals surface area contributed by atoms with Gasteiger partial charge in [0.15, 0.2) is 5.85 Å². The molecule has 0 saturated carbocycles. The Hall–Kier alpha value is 0.260. The molecular formula is C3H8O7P2. The Bertz CT molecular complexity index is 272. The lowest BCUT2D eigenvalue weighted by Crippen LogP contribution is -2.20. The lowest BCUT2D eigenvalue weighted by atomic mass is 10.4. The van der Waals surface area contributed by atoms with Crippen LogP contribution in [-0.2, 0) is 18.0 Å². The first-order valence-electron chi connectivity index (χ1n) is 2.98. The van der Waals surface area contributed by atoms with Gasteiger partial charge in [0, 0.05) is 0 Å². The fourth-order valence-corrected chi connectivity index (χ4v) is 4.31. The summed E-state index contributed by atoms with van der Waals surface area (Å²) < 4.78 is 29.5. The fourth-order valence-electron chi connectivity index (χ4n) is 0.770. The Morgan fingerprint density at radius 3 is 2.08 bits per heavy atom. The maximum atomic E-state index is 10.9. The van der Waals surface area contributed by atoms with E-state index in [0.717, 1.165) is 6.92 Å². The van der Waals surface area contributed by atoms with E-state index in [4.69, 9.17) is 14.9 Å². The third-order valence-corrected chi connectivity index (χ3v) is 4.80. The summed E-state index contributed by atoms with van der Waals surface area (Å²) in [5.41, 5.74) is 0. The Morgan fingerprint density at radius 1 is 1.42 bits per heavy atom. The van der Waals surface area contributed by atoms with E-state index in [9.17, 15) is 9.13 Å². The SMILES string of the molecule is CC(O)C1OP(=O)(O)OP1(=O)O. The van der Waals surface area contributed by atoms with Crippen molar-refractivity contribution in [3.8, 4) is 0 Å². The minimum absolute atomic E-state index is 1.15. The summed E-state index contributed by atoms with van der Waals surface area (Å²) in [5.74, 6) is -1.65. The Balaban J connectivity index is 2.93. The minimum atomic E-state index is -4.45. The molecular weight excluding hydrogens is 210 g/mol. The zero-order valence-corrected chi connectivity index (χ0v) is 7.81. The van der Waals surface area contributed by atoms with Crippen molar-refractivity contribution >= 4 is 15.4 Å². The van der Waals surface area contributed by atoms with E-state index in [2.05, 4.69) is 8.83 Å². The van der Waals surface area contributed by atoms with Crippen LogP contribution in [-0.4, -0.2) is 26.8 Å². The molecule has 1 fully saturated rings. The van der Waals surface area contributed by atoms with E-state index in [1.165, 1.54) is 0 Å². The summed E-state index contributed by atoms with van der Waals surface area (Å²) >= 11 is 0. The van der Waals surface area contributed by atoms with Crippen molar-refractivity contribution in [3.63, 3.8) is 0 Å². The minimum Gasteiger partial charge on any atom is -0.390 e. The lowest BCUT2D eigenvalue weighted by molar-refractivity contribution is 0.0873. The van der Waals surface area contributed by atoms with Gasteiger partial charge in [-0.1, -0.05) is 0 Å². The Kier molecular flexibility index (Phi) is 2.49.